The summed E-state index contributed by atoms with van der Waals surface area (Å²) in [6.07, 6.45) is 9.35. The summed E-state index contributed by atoms with van der Waals surface area (Å²) in [6, 6.07) is 0. The predicted molar refractivity (Wildman–Crippen MR) is 81.7 cm³/mol. The Morgan fingerprint density at radius 3 is 2.85 bits per heavy atom. The largest absolute Gasteiger partial charge is 0.427 e. The number of allylic oxidation sites excluding steroid dienone is 3. The van der Waals surface area contributed by atoms with Crippen LogP contribution in [0.5, 0.6) is 0 Å². The van der Waals surface area contributed by atoms with Gasteiger partial charge in [0.15, 0.2) is 5.13 Å². The molecule has 0 spiro atoms. The van der Waals surface area contributed by atoms with Crippen LogP contribution in [0.25, 0.3) is 0 Å². The van der Waals surface area contributed by atoms with E-state index in [2.05, 4.69) is 16.9 Å². The lowest BCUT2D eigenvalue weighted by molar-refractivity contribution is -0.136. The van der Waals surface area contributed by atoms with Crippen LogP contribution < -0.4 is 5.32 Å². The lowest BCUT2D eigenvalue weighted by Crippen LogP contribution is -2.10. The van der Waals surface area contributed by atoms with Crippen LogP contribution in [0.15, 0.2) is 47.0 Å². The fourth-order valence-corrected chi connectivity index (χ4v) is 2.40. The van der Waals surface area contributed by atoms with Crippen molar-refractivity contribution in [3.05, 3.63) is 42.8 Å². The van der Waals surface area contributed by atoms with Crippen LogP contribution in [0.2, 0.25) is 0 Å². The Bertz CT molecular complexity index is 562. The number of aromatic nitrogens is 1. The number of carbonyl (C=O) groups excluding carboxylic acids is 2. The highest BCUT2D eigenvalue weighted by Gasteiger charge is 2.06. The standard InChI is InChI=1S/C13H14N2O3S2/c1-4-5-6-10(18-9(2)16)7-11(17)15-13-14-8-12(19-3)20-13/h4-8H,1H2,2-3H3,(H,14,15,17)/b6-5-,10-7-. The van der Waals surface area contributed by atoms with E-state index in [-0.39, 0.29) is 5.76 Å². The number of thiazole rings is 1. The molecule has 0 bridgehead atoms. The van der Waals surface area contributed by atoms with Crippen molar-refractivity contribution in [2.24, 2.45) is 0 Å². The maximum atomic E-state index is 11.8. The number of thioether (sulfide) groups is 1. The normalized spacial score (nSPS) is 11.4. The van der Waals surface area contributed by atoms with Gasteiger partial charge in [-0.15, -0.1) is 11.8 Å². The number of esters is 1. The van der Waals surface area contributed by atoms with Gasteiger partial charge in [0.2, 0.25) is 0 Å². The first-order valence-corrected chi connectivity index (χ1v) is 7.59. The van der Waals surface area contributed by atoms with Gasteiger partial charge >= 0.3 is 5.97 Å². The molecule has 1 N–H and O–H groups in total. The van der Waals surface area contributed by atoms with Gasteiger partial charge in [0.25, 0.3) is 5.91 Å². The summed E-state index contributed by atoms with van der Waals surface area (Å²) < 4.78 is 5.89. The molecular formula is C13H14N2O3S2. The molecule has 0 aliphatic heterocycles. The summed E-state index contributed by atoms with van der Waals surface area (Å²) in [4.78, 5) is 26.8. The molecule has 1 rings (SSSR count). The van der Waals surface area contributed by atoms with E-state index in [1.807, 2.05) is 6.26 Å². The van der Waals surface area contributed by atoms with E-state index in [1.54, 1.807) is 24.0 Å². The van der Waals surface area contributed by atoms with E-state index < -0.39 is 11.9 Å². The SMILES string of the molecule is C=C/C=C\C(=C\C(=O)Nc1ncc(SC)s1)OC(C)=O. The van der Waals surface area contributed by atoms with Gasteiger partial charge in [-0.3, -0.25) is 14.9 Å². The highest BCUT2D eigenvalue weighted by Crippen LogP contribution is 2.25. The molecule has 0 aliphatic carbocycles. The van der Waals surface area contributed by atoms with Crippen molar-refractivity contribution in [1.82, 2.24) is 4.98 Å². The summed E-state index contributed by atoms with van der Waals surface area (Å²) in [7, 11) is 0. The highest BCUT2D eigenvalue weighted by atomic mass is 32.2. The maximum Gasteiger partial charge on any atom is 0.308 e. The Hall–Kier alpha value is -1.86. The summed E-state index contributed by atoms with van der Waals surface area (Å²) in [6.45, 7) is 4.77. The Kier molecular flexibility index (Phi) is 6.75. The number of anilines is 1. The predicted octanol–water partition coefficient (Wildman–Crippen LogP) is 2.99. The fourth-order valence-electron chi connectivity index (χ4n) is 1.12. The molecule has 5 nitrogen and oxygen atoms in total. The van der Waals surface area contributed by atoms with Crippen molar-refractivity contribution in [2.75, 3.05) is 11.6 Å². The molecule has 0 aliphatic rings. The Morgan fingerprint density at radius 2 is 2.30 bits per heavy atom. The van der Waals surface area contributed by atoms with Gasteiger partial charge in [0.1, 0.15) is 5.76 Å². The Labute approximate surface area is 125 Å². The van der Waals surface area contributed by atoms with Crippen molar-refractivity contribution in [1.29, 1.82) is 0 Å². The molecule has 0 radical (unpaired) electrons. The van der Waals surface area contributed by atoms with Crippen LogP contribution in [-0.2, 0) is 14.3 Å². The van der Waals surface area contributed by atoms with Gasteiger partial charge < -0.3 is 4.74 Å². The maximum absolute atomic E-state index is 11.8. The second kappa shape index (κ2) is 8.34. The lowest BCUT2D eigenvalue weighted by atomic mass is 10.3. The average Bonchev–Trinajstić information content (AvgIpc) is 2.82. The minimum Gasteiger partial charge on any atom is -0.427 e. The van der Waals surface area contributed by atoms with Gasteiger partial charge in [0, 0.05) is 13.0 Å². The van der Waals surface area contributed by atoms with Crippen molar-refractivity contribution in [3.63, 3.8) is 0 Å². The zero-order valence-electron chi connectivity index (χ0n) is 11.1. The molecule has 20 heavy (non-hydrogen) atoms. The number of nitrogens with zero attached hydrogens (tertiary/aromatic N) is 1. The minimum atomic E-state index is -0.503. The van der Waals surface area contributed by atoms with Crippen molar-refractivity contribution >= 4 is 40.1 Å². The Morgan fingerprint density at radius 1 is 1.55 bits per heavy atom. The van der Waals surface area contributed by atoms with Crippen LogP contribution in [-0.4, -0.2) is 23.1 Å². The Balaban J connectivity index is 2.76. The number of rotatable bonds is 6. The molecular weight excluding hydrogens is 296 g/mol. The van der Waals surface area contributed by atoms with Gasteiger partial charge in [0.05, 0.1) is 10.4 Å². The molecule has 0 saturated carbocycles. The average molecular weight is 310 g/mol. The molecule has 0 aromatic carbocycles. The lowest BCUT2D eigenvalue weighted by Gasteiger charge is -2.02. The van der Waals surface area contributed by atoms with E-state index in [4.69, 9.17) is 4.74 Å². The first kappa shape index (κ1) is 16.2. The third-order valence-corrected chi connectivity index (χ3v) is 3.81. The van der Waals surface area contributed by atoms with Crippen LogP contribution in [0, 0.1) is 0 Å². The molecule has 0 saturated heterocycles. The topological polar surface area (TPSA) is 68.3 Å². The quantitative estimate of drug-likeness (QED) is 0.288. The summed E-state index contributed by atoms with van der Waals surface area (Å²) >= 11 is 2.92. The van der Waals surface area contributed by atoms with Gasteiger partial charge in [-0.25, -0.2) is 4.98 Å². The summed E-state index contributed by atoms with van der Waals surface area (Å²) in [5.74, 6) is -0.787. The minimum absolute atomic E-state index is 0.136. The molecule has 0 atom stereocenters. The second-order valence-electron chi connectivity index (χ2n) is 3.41. The van der Waals surface area contributed by atoms with Gasteiger partial charge in [-0.2, -0.15) is 0 Å². The zero-order chi connectivity index (χ0) is 15.0. The van der Waals surface area contributed by atoms with Crippen LogP contribution in [0.4, 0.5) is 5.13 Å². The zero-order valence-corrected chi connectivity index (χ0v) is 12.7. The smallest absolute Gasteiger partial charge is 0.308 e. The van der Waals surface area contributed by atoms with E-state index in [1.165, 1.54) is 36.5 Å². The van der Waals surface area contributed by atoms with Crippen molar-refractivity contribution in [2.45, 2.75) is 11.1 Å². The van der Waals surface area contributed by atoms with E-state index in [9.17, 15) is 9.59 Å². The first-order valence-electron chi connectivity index (χ1n) is 5.55. The molecule has 0 unspecified atom stereocenters. The monoisotopic (exact) mass is 310 g/mol. The molecule has 1 heterocycles. The third-order valence-electron chi connectivity index (χ3n) is 1.85. The first-order chi connectivity index (χ1) is 9.55. The van der Waals surface area contributed by atoms with Crippen LogP contribution >= 0.6 is 23.1 Å². The molecule has 0 fully saturated rings. The molecule has 106 valence electrons. The summed E-state index contributed by atoms with van der Waals surface area (Å²) in [5, 5.41) is 3.10. The van der Waals surface area contributed by atoms with E-state index >= 15 is 0 Å². The molecule has 1 aromatic rings. The van der Waals surface area contributed by atoms with Crippen molar-refractivity contribution in [3.8, 4) is 0 Å². The number of ether oxygens (including phenoxy) is 1. The number of nitrogens with one attached hydrogen (secondary N) is 1. The van der Waals surface area contributed by atoms with E-state index in [0.717, 1.165) is 4.21 Å². The number of carbonyl (C=O) groups is 2. The van der Waals surface area contributed by atoms with Gasteiger partial charge in [-0.1, -0.05) is 30.1 Å². The van der Waals surface area contributed by atoms with Gasteiger partial charge in [-0.05, 0) is 12.3 Å². The third kappa shape index (κ3) is 5.85. The van der Waals surface area contributed by atoms with Crippen LogP contribution in [0.1, 0.15) is 6.92 Å². The molecule has 1 aromatic heterocycles. The summed E-state index contributed by atoms with van der Waals surface area (Å²) in [5.41, 5.74) is 0. The number of amides is 1. The second-order valence-corrected chi connectivity index (χ2v) is 5.55. The number of hydrogen-bond acceptors (Lipinski definition) is 6. The number of hydrogen-bond donors (Lipinski definition) is 1. The van der Waals surface area contributed by atoms with Crippen molar-refractivity contribution < 1.29 is 14.3 Å². The molecule has 7 heteroatoms. The van der Waals surface area contributed by atoms with E-state index in [0.29, 0.717) is 5.13 Å². The highest BCUT2D eigenvalue weighted by molar-refractivity contribution is 8.00. The molecule has 1 amide bonds. The van der Waals surface area contributed by atoms with Crippen LogP contribution in [0.3, 0.4) is 0 Å². The fraction of sp³-hybridized carbons (Fsp3) is 0.154.